The maximum Gasteiger partial charge on any atom is 0.255 e. The van der Waals surface area contributed by atoms with Crippen molar-refractivity contribution in [2.75, 3.05) is 52.6 Å². The predicted octanol–water partition coefficient (Wildman–Crippen LogP) is 5.21. The molecule has 1 saturated heterocycles. The van der Waals surface area contributed by atoms with Gasteiger partial charge in [-0.1, -0.05) is 18.2 Å². The van der Waals surface area contributed by atoms with Crippen molar-refractivity contribution in [2.24, 2.45) is 0 Å². The van der Waals surface area contributed by atoms with Gasteiger partial charge in [0.2, 0.25) is 0 Å². The first-order valence-electron chi connectivity index (χ1n) is 15.4. The number of benzene rings is 2. The molecule has 2 amide bonds. The quantitative estimate of drug-likeness (QED) is 0.247. The molecule has 234 valence electrons. The molecule has 10 nitrogen and oxygen atoms in total. The van der Waals surface area contributed by atoms with Gasteiger partial charge in [0, 0.05) is 99.5 Å². The number of nitrogens with zero attached hydrogens (tertiary/aromatic N) is 6. The molecular weight excluding hydrogens is 576 g/mol. The average molecular weight is 615 g/mol. The number of carbonyl (C=O) groups is 2. The molecule has 1 aliphatic heterocycles. The number of piperazine rings is 1. The van der Waals surface area contributed by atoms with E-state index in [-0.39, 0.29) is 11.8 Å². The molecule has 0 aliphatic carbocycles. The lowest BCUT2D eigenvalue weighted by Gasteiger charge is -2.32. The first-order chi connectivity index (χ1) is 22.3. The zero-order valence-electron chi connectivity index (χ0n) is 26.6. The Morgan fingerprint density at radius 2 is 1.74 bits per heavy atom. The van der Waals surface area contributed by atoms with Gasteiger partial charge in [0.25, 0.3) is 11.8 Å². The summed E-state index contributed by atoms with van der Waals surface area (Å²) in [5.41, 5.74) is 8.04. The number of nitrogens with one attached hydrogen (secondary N) is 2. The second kappa shape index (κ2) is 13.4. The fourth-order valence-corrected chi connectivity index (χ4v) is 5.66. The van der Waals surface area contributed by atoms with E-state index in [1.807, 2.05) is 61.7 Å². The van der Waals surface area contributed by atoms with E-state index >= 15 is 0 Å². The zero-order chi connectivity index (χ0) is 32.2. The molecule has 5 aromatic rings. The molecule has 6 rings (SSSR count). The first-order valence-corrected chi connectivity index (χ1v) is 15.4. The third-order valence-electron chi connectivity index (χ3n) is 8.34. The highest BCUT2D eigenvalue weighted by atomic mass is 16.2. The van der Waals surface area contributed by atoms with E-state index in [0.29, 0.717) is 29.2 Å². The molecule has 0 bridgehead atoms. The number of anilines is 1. The summed E-state index contributed by atoms with van der Waals surface area (Å²) in [5.74, 6) is 0.227. The summed E-state index contributed by atoms with van der Waals surface area (Å²) in [4.78, 5) is 49.7. The van der Waals surface area contributed by atoms with Gasteiger partial charge in [-0.25, -0.2) is 9.97 Å². The largest absolute Gasteiger partial charge is 0.360 e. The van der Waals surface area contributed by atoms with Crippen LogP contribution in [0, 0.1) is 6.92 Å². The Kier molecular flexibility index (Phi) is 9.00. The Bertz CT molecular complexity index is 1840. The van der Waals surface area contributed by atoms with E-state index in [2.05, 4.69) is 37.1 Å². The number of H-pyrrole nitrogens is 1. The number of hydrogen-bond donors (Lipinski definition) is 2. The SMILES string of the molecule is Cc1c[nH]c(-c2ccc(NC(=O)c3ccc(CN4CCN(C)CC4)c(C(=O)N(C)C)c3)cc2)c1-c1nccc(-c2cccnc2)n1. The van der Waals surface area contributed by atoms with Gasteiger partial charge in [0.15, 0.2) is 5.82 Å². The van der Waals surface area contributed by atoms with Crippen LogP contribution in [0.3, 0.4) is 0 Å². The monoisotopic (exact) mass is 614 g/mol. The van der Waals surface area contributed by atoms with Crippen LogP contribution in [0.2, 0.25) is 0 Å². The van der Waals surface area contributed by atoms with Gasteiger partial charge in [-0.3, -0.25) is 19.5 Å². The predicted molar refractivity (Wildman–Crippen MR) is 180 cm³/mol. The van der Waals surface area contributed by atoms with Crippen LogP contribution in [0.5, 0.6) is 0 Å². The molecule has 0 spiro atoms. The number of pyridine rings is 1. The summed E-state index contributed by atoms with van der Waals surface area (Å²) in [6.07, 6.45) is 7.23. The van der Waals surface area contributed by atoms with E-state index in [0.717, 1.165) is 65.4 Å². The Hall–Kier alpha value is -5.19. The molecule has 2 N–H and O–H groups in total. The fraction of sp³-hybridized carbons (Fsp3) is 0.250. The van der Waals surface area contributed by atoms with Crippen molar-refractivity contribution >= 4 is 17.5 Å². The van der Waals surface area contributed by atoms with Gasteiger partial charge in [-0.05, 0) is 73.1 Å². The molecule has 1 fully saturated rings. The minimum absolute atomic E-state index is 0.116. The smallest absolute Gasteiger partial charge is 0.255 e. The third-order valence-corrected chi connectivity index (χ3v) is 8.34. The molecule has 10 heteroatoms. The van der Waals surface area contributed by atoms with Gasteiger partial charge in [0.05, 0.1) is 11.4 Å². The molecule has 0 radical (unpaired) electrons. The Morgan fingerprint density at radius 3 is 2.46 bits per heavy atom. The minimum atomic E-state index is -0.274. The van der Waals surface area contributed by atoms with Crippen molar-refractivity contribution < 1.29 is 9.59 Å². The third kappa shape index (κ3) is 6.73. The summed E-state index contributed by atoms with van der Waals surface area (Å²) in [6.45, 7) is 6.57. The maximum absolute atomic E-state index is 13.4. The molecule has 4 heterocycles. The van der Waals surface area contributed by atoms with E-state index < -0.39 is 0 Å². The van der Waals surface area contributed by atoms with Gasteiger partial charge in [0.1, 0.15) is 0 Å². The Balaban J connectivity index is 1.20. The number of aromatic nitrogens is 4. The molecule has 0 unspecified atom stereocenters. The van der Waals surface area contributed by atoms with Crippen LogP contribution in [0.4, 0.5) is 5.69 Å². The molecule has 1 aliphatic rings. The Morgan fingerprint density at radius 1 is 0.957 bits per heavy atom. The molecule has 46 heavy (non-hydrogen) atoms. The molecule has 0 atom stereocenters. The van der Waals surface area contributed by atoms with Gasteiger partial charge >= 0.3 is 0 Å². The minimum Gasteiger partial charge on any atom is -0.360 e. The van der Waals surface area contributed by atoms with E-state index in [4.69, 9.17) is 4.98 Å². The van der Waals surface area contributed by atoms with Crippen LogP contribution in [0.15, 0.2) is 85.5 Å². The highest BCUT2D eigenvalue weighted by Crippen LogP contribution is 2.33. The molecule has 0 saturated carbocycles. The first kappa shape index (κ1) is 30.8. The molecule has 2 aromatic carbocycles. The molecular formula is C36H38N8O2. The normalized spacial score (nSPS) is 13.8. The van der Waals surface area contributed by atoms with Crippen LogP contribution in [-0.4, -0.2) is 93.8 Å². The second-order valence-corrected chi connectivity index (χ2v) is 11.9. The summed E-state index contributed by atoms with van der Waals surface area (Å²) >= 11 is 0. The number of likely N-dealkylation sites (N-methyl/N-ethyl adjacent to an activating group) is 1. The van der Waals surface area contributed by atoms with Crippen LogP contribution in [0.1, 0.15) is 31.8 Å². The van der Waals surface area contributed by atoms with E-state index in [9.17, 15) is 9.59 Å². The Labute approximate surface area is 269 Å². The standard InChI is InChI=1S/C36H38N8O2/c1-24-21-39-33(32(24)34-38-15-13-31(41-34)27-6-5-14-37-22-27)25-9-11-29(12-10-25)40-35(45)26-7-8-28(30(20-26)36(46)42(2)3)23-44-18-16-43(4)17-19-44/h5-15,20-22,39H,16-19,23H2,1-4H3,(H,40,45). The summed E-state index contributed by atoms with van der Waals surface area (Å²) in [6, 6.07) is 18.8. The van der Waals surface area contributed by atoms with Gasteiger partial charge in [-0.2, -0.15) is 0 Å². The molecule has 3 aromatic heterocycles. The fourth-order valence-electron chi connectivity index (χ4n) is 5.66. The zero-order valence-corrected chi connectivity index (χ0v) is 26.6. The van der Waals surface area contributed by atoms with Gasteiger partial charge in [-0.15, -0.1) is 0 Å². The average Bonchev–Trinajstić information content (AvgIpc) is 3.47. The van der Waals surface area contributed by atoms with Crippen LogP contribution >= 0.6 is 0 Å². The summed E-state index contributed by atoms with van der Waals surface area (Å²) < 4.78 is 0. The highest BCUT2D eigenvalue weighted by molar-refractivity contribution is 6.06. The van der Waals surface area contributed by atoms with Crippen molar-refractivity contribution in [3.63, 3.8) is 0 Å². The topological polar surface area (TPSA) is 110 Å². The van der Waals surface area contributed by atoms with Crippen molar-refractivity contribution in [1.82, 2.24) is 34.6 Å². The number of hydrogen-bond acceptors (Lipinski definition) is 7. The van der Waals surface area contributed by atoms with Crippen molar-refractivity contribution in [3.05, 3.63) is 108 Å². The van der Waals surface area contributed by atoms with Crippen molar-refractivity contribution in [3.8, 4) is 33.9 Å². The second-order valence-electron chi connectivity index (χ2n) is 11.9. The number of aryl methyl sites for hydroxylation is 1. The lowest BCUT2D eigenvalue weighted by atomic mass is 10.0. The number of aromatic amines is 1. The van der Waals surface area contributed by atoms with Crippen LogP contribution < -0.4 is 5.32 Å². The summed E-state index contributed by atoms with van der Waals surface area (Å²) in [5, 5.41) is 2.99. The number of amides is 2. The van der Waals surface area contributed by atoms with Crippen molar-refractivity contribution in [2.45, 2.75) is 13.5 Å². The number of rotatable bonds is 8. The lowest BCUT2D eigenvalue weighted by Crippen LogP contribution is -2.44. The van der Waals surface area contributed by atoms with Crippen LogP contribution in [-0.2, 0) is 6.54 Å². The van der Waals surface area contributed by atoms with E-state index in [1.54, 1.807) is 49.7 Å². The maximum atomic E-state index is 13.4. The van der Waals surface area contributed by atoms with Crippen molar-refractivity contribution in [1.29, 1.82) is 0 Å². The van der Waals surface area contributed by atoms with Crippen LogP contribution in [0.25, 0.3) is 33.9 Å². The van der Waals surface area contributed by atoms with Gasteiger partial charge < -0.3 is 20.1 Å². The highest BCUT2D eigenvalue weighted by Gasteiger charge is 2.21. The number of carbonyl (C=O) groups excluding carboxylic acids is 2. The summed E-state index contributed by atoms with van der Waals surface area (Å²) in [7, 11) is 5.59. The lowest BCUT2D eigenvalue weighted by molar-refractivity contribution is 0.0824. The van der Waals surface area contributed by atoms with E-state index in [1.165, 1.54) is 0 Å².